The molecule has 1 aliphatic heterocycles. The number of amides is 1. The van der Waals surface area contributed by atoms with Crippen LogP contribution in [0.4, 0.5) is 10.5 Å². The van der Waals surface area contributed by atoms with Crippen LogP contribution in [0, 0.1) is 0 Å². The lowest BCUT2D eigenvalue weighted by molar-refractivity contribution is 0.104. The highest BCUT2D eigenvalue weighted by Crippen LogP contribution is 2.29. The minimum Gasteiger partial charge on any atom is -0.447 e. The van der Waals surface area contributed by atoms with E-state index in [9.17, 15) is 9.59 Å². The molecule has 2 aromatic heterocycles. The molecule has 0 spiro atoms. The molecule has 0 bridgehead atoms. The van der Waals surface area contributed by atoms with E-state index in [1.165, 1.54) is 4.90 Å². The Morgan fingerprint density at radius 1 is 1.03 bits per heavy atom. The first-order chi connectivity index (χ1) is 15.7. The van der Waals surface area contributed by atoms with Crippen molar-refractivity contribution in [1.29, 1.82) is 0 Å². The van der Waals surface area contributed by atoms with E-state index in [1.807, 2.05) is 58.7 Å². The molecule has 4 aromatic rings. The summed E-state index contributed by atoms with van der Waals surface area (Å²) < 4.78 is 6.81. The summed E-state index contributed by atoms with van der Waals surface area (Å²) in [5.74, 6) is -0.149. The second-order valence-electron chi connectivity index (χ2n) is 7.20. The molecule has 7 heteroatoms. The van der Waals surface area contributed by atoms with E-state index in [0.717, 1.165) is 21.8 Å². The molecule has 158 valence electrons. The third kappa shape index (κ3) is 3.98. The number of aromatic nitrogens is 2. The van der Waals surface area contributed by atoms with Crippen molar-refractivity contribution in [2.45, 2.75) is 0 Å². The summed E-state index contributed by atoms with van der Waals surface area (Å²) in [6.07, 6.45) is 4.87. The zero-order chi connectivity index (χ0) is 21.9. The van der Waals surface area contributed by atoms with Gasteiger partial charge in [0.25, 0.3) is 0 Å². The van der Waals surface area contributed by atoms with Crippen LogP contribution in [-0.2, 0) is 4.74 Å². The van der Waals surface area contributed by atoms with Crippen LogP contribution in [0.1, 0.15) is 15.9 Å². The number of hydrogen-bond acceptors (Lipinski definition) is 5. The minimum atomic E-state index is -0.390. The smallest absolute Gasteiger partial charge is 0.414 e. The molecule has 2 aromatic carbocycles. The van der Waals surface area contributed by atoms with Crippen molar-refractivity contribution in [1.82, 2.24) is 9.78 Å². The Balaban J connectivity index is 1.44. The summed E-state index contributed by atoms with van der Waals surface area (Å²) >= 11 is 1.60. The van der Waals surface area contributed by atoms with Gasteiger partial charge in [0, 0.05) is 23.0 Å². The standard InChI is InChI=1S/C25H19N3O3S/c29-22(18-6-4-9-21(16-18)27-13-14-31-25(27)30)12-11-19-17-28(20-7-2-1-3-8-20)26-24(19)23-10-5-15-32-23/h1-12,15-17H,13-14H2. The number of allylic oxidation sites excluding steroid dienone is 1. The second-order valence-corrected chi connectivity index (χ2v) is 8.15. The van der Waals surface area contributed by atoms with Crippen molar-refractivity contribution in [2.24, 2.45) is 0 Å². The zero-order valence-corrected chi connectivity index (χ0v) is 17.9. The first-order valence-electron chi connectivity index (χ1n) is 10.1. The highest BCUT2D eigenvalue weighted by Gasteiger charge is 2.24. The monoisotopic (exact) mass is 441 g/mol. The summed E-state index contributed by atoms with van der Waals surface area (Å²) in [4.78, 5) is 27.3. The molecule has 5 rings (SSSR count). The maximum atomic E-state index is 12.9. The van der Waals surface area contributed by atoms with E-state index < -0.39 is 0 Å². The van der Waals surface area contributed by atoms with Crippen LogP contribution in [0.5, 0.6) is 0 Å². The van der Waals surface area contributed by atoms with Gasteiger partial charge < -0.3 is 4.74 Å². The van der Waals surface area contributed by atoms with E-state index >= 15 is 0 Å². The van der Waals surface area contributed by atoms with Gasteiger partial charge in [-0.15, -0.1) is 11.3 Å². The fourth-order valence-corrected chi connectivity index (χ4v) is 4.27. The molecule has 1 fully saturated rings. The predicted octanol–water partition coefficient (Wildman–Crippen LogP) is 5.45. The van der Waals surface area contributed by atoms with Crippen LogP contribution in [0.25, 0.3) is 22.3 Å². The SMILES string of the molecule is O=C(C=Cc1cn(-c2ccccc2)nc1-c1cccs1)c1cccc(N2CCOC2=O)c1. The summed E-state index contributed by atoms with van der Waals surface area (Å²) in [7, 11) is 0. The number of anilines is 1. The van der Waals surface area contributed by atoms with Gasteiger partial charge in [0.2, 0.25) is 0 Å². The molecule has 0 unspecified atom stereocenters. The Labute approximate surface area is 189 Å². The molecule has 1 saturated heterocycles. The molecule has 32 heavy (non-hydrogen) atoms. The van der Waals surface area contributed by atoms with E-state index in [2.05, 4.69) is 0 Å². The molecule has 1 aliphatic rings. The van der Waals surface area contributed by atoms with Crippen LogP contribution in [0.3, 0.4) is 0 Å². The van der Waals surface area contributed by atoms with Crippen molar-refractivity contribution >= 4 is 35.0 Å². The molecule has 3 heterocycles. The molecule has 0 radical (unpaired) electrons. The van der Waals surface area contributed by atoms with Crippen LogP contribution >= 0.6 is 11.3 Å². The largest absolute Gasteiger partial charge is 0.447 e. The number of ketones is 1. The van der Waals surface area contributed by atoms with Gasteiger partial charge in [0.15, 0.2) is 5.78 Å². The number of thiophene rings is 1. The van der Waals surface area contributed by atoms with Crippen LogP contribution in [0.15, 0.2) is 84.4 Å². The van der Waals surface area contributed by atoms with Crippen molar-refractivity contribution in [2.75, 3.05) is 18.1 Å². The Morgan fingerprint density at radius 3 is 2.62 bits per heavy atom. The number of para-hydroxylation sites is 1. The van der Waals surface area contributed by atoms with E-state index in [1.54, 1.807) is 47.8 Å². The fourth-order valence-electron chi connectivity index (χ4n) is 3.54. The Morgan fingerprint density at radius 2 is 1.88 bits per heavy atom. The number of hydrogen-bond donors (Lipinski definition) is 0. The summed E-state index contributed by atoms with van der Waals surface area (Å²) in [6, 6.07) is 20.9. The summed E-state index contributed by atoms with van der Waals surface area (Å²) in [5.41, 5.74) is 3.78. The number of rotatable bonds is 6. The van der Waals surface area contributed by atoms with E-state index in [0.29, 0.717) is 24.4 Å². The lowest BCUT2D eigenvalue weighted by Gasteiger charge is -2.13. The van der Waals surface area contributed by atoms with Gasteiger partial charge >= 0.3 is 6.09 Å². The summed E-state index contributed by atoms with van der Waals surface area (Å²) in [5, 5.41) is 6.76. The lowest BCUT2D eigenvalue weighted by Crippen LogP contribution is -2.23. The summed E-state index contributed by atoms with van der Waals surface area (Å²) in [6.45, 7) is 0.836. The first kappa shape index (κ1) is 20.0. The highest BCUT2D eigenvalue weighted by molar-refractivity contribution is 7.13. The molecule has 0 aliphatic carbocycles. The number of nitrogens with zero attached hydrogens (tertiary/aromatic N) is 3. The molecule has 6 nitrogen and oxygen atoms in total. The highest BCUT2D eigenvalue weighted by atomic mass is 32.1. The number of carbonyl (C=O) groups is 2. The van der Waals surface area contributed by atoms with Gasteiger partial charge in [0.05, 0.1) is 17.1 Å². The zero-order valence-electron chi connectivity index (χ0n) is 17.0. The number of benzene rings is 2. The topological polar surface area (TPSA) is 64.4 Å². The quantitative estimate of drug-likeness (QED) is 0.295. The molecule has 0 atom stereocenters. The van der Waals surface area contributed by atoms with Crippen LogP contribution < -0.4 is 4.90 Å². The average Bonchev–Trinajstić information content (AvgIpc) is 3.59. The second kappa shape index (κ2) is 8.64. The Kier molecular flexibility index (Phi) is 5.39. The van der Waals surface area contributed by atoms with Crippen molar-refractivity contribution in [3.63, 3.8) is 0 Å². The first-order valence-corrected chi connectivity index (χ1v) is 11.0. The minimum absolute atomic E-state index is 0.149. The molecule has 1 amide bonds. The van der Waals surface area contributed by atoms with Gasteiger partial charge in [-0.25, -0.2) is 9.48 Å². The molecular weight excluding hydrogens is 422 g/mol. The fraction of sp³-hybridized carbons (Fsp3) is 0.0800. The van der Waals surface area contributed by atoms with Gasteiger partial charge in [-0.3, -0.25) is 9.69 Å². The third-order valence-electron chi connectivity index (χ3n) is 5.14. The van der Waals surface area contributed by atoms with Gasteiger partial charge in [-0.2, -0.15) is 5.10 Å². The van der Waals surface area contributed by atoms with E-state index in [4.69, 9.17) is 9.84 Å². The van der Waals surface area contributed by atoms with Crippen LogP contribution in [0.2, 0.25) is 0 Å². The number of carbonyl (C=O) groups excluding carboxylic acids is 2. The average molecular weight is 442 g/mol. The van der Waals surface area contributed by atoms with Crippen molar-refractivity contribution in [3.05, 3.63) is 95.5 Å². The lowest BCUT2D eigenvalue weighted by atomic mass is 10.1. The molecule has 0 saturated carbocycles. The maximum Gasteiger partial charge on any atom is 0.414 e. The predicted molar refractivity (Wildman–Crippen MR) is 125 cm³/mol. The van der Waals surface area contributed by atoms with Gasteiger partial charge in [0.1, 0.15) is 12.3 Å². The molecular formula is C25H19N3O3S. The Bertz CT molecular complexity index is 1290. The van der Waals surface area contributed by atoms with Gasteiger partial charge in [-0.05, 0) is 47.9 Å². The van der Waals surface area contributed by atoms with Gasteiger partial charge in [-0.1, -0.05) is 36.4 Å². The molecule has 0 N–H and O–H groups in total. The van der Waals surface area contributed by atoms with E-state index in [-0.39, 0.29) is 11.9 Å². The number of ether oxygens (including phenoxy) is 1. The number of cyclic esters (lactones) is 1. The van der Waals surface area contributed by atoms with Crippen molar-refractivity contribution < 1.29 is 14.3 Å². The Hall–Kier alpha value is -3.97. The normalized spacial score (nSPS) is 13.6. The van der Waals surface area contributed by atoms with Crippen molar-refractivity contribution in [3.8, 4) is 16.3 Å². The maximum absolute atomic E-state index is 12.9. The third-order valence-corrected chi connectivity index (χ3v) is 6.01. The van der Waals surface area contributed by atoms with Crippen LogP contribution in [-0.4, -0.2) is 34.8 Å².